The van der Waals surface area contributed by atoms with Crippen LogP contribution >= 0.6 is 0 Å². The first kappa shape index (κ1) is 17.8. The van der Waals surface area contributed by atoms with E-state index in [4.69, 9.17) is 5.11 Å². The number of carbonyl (C=O) groups is 1. The van der Waals surface area contributed by atoms with E-state index in [1.807, 2.05) is 6.07 Å². The molecule has 0 bridgehead atoms. The minimum absolute atomic E-state index is 0.0463. The molecule has 5 heteroatoms. The summed E-state index contributed by atoms with van der Waals surface area (Å²) in [5.74, 6) is 1.49. The van der Waals surface area contributed by atoms with Crippen molar-refractivity contribution in [1.29, 1.82) is 0 Å². The molecule has 1 aromatic rings. The Bertz CT molecular complexity index is 497. The number of aliphatic hydroxyl groups is 1. The summed E-state index contributed by atoms with van der Waals surface area (Å²) in [6.07, 6.45) is 1.31. The lowest BCUT2D eigenvalue weighted by Gasteiger charge is -2.35. The van der Waals surface area contributed by atoms with Crippen molar-refractivity contribution < 1.29 is 9.90 Å². The number of carbonyl (C=O) groups excluding carboxylic acids is 1. The van der Waals surface area contributed by atoms with Gasteiger partial charge in [0.2, 0.25) is 0 Å². The molecule has 3 N–H and O–H groups in total. The summed E-state index contributed by atoms with van der Waals surface area (Å²) in [6.45, 7) is 8.60. The topological polar surface area (TPSA) is 64.6 Å². The number of piperidine rings is 1. The number of hydrogen-bond donors (Lipinski definition) is 3. The number of nitrogens with zero attached hydrogens (tertiary/aromatic N) is 1. The van der Waals surface area contributed by atoms with Crippen LogP contribution in [0.2, 0.25) is 0 Å². The first-order valence-electron chi connectivity index (χ1n) is 8.50. The molecule has 128 valence electrons. The van der Waals surface area contributed by atoms with Crippen molar-refractivity contribution in [2.45, 2.75) is 33.4 Å². The summed E-state index contributed by atoms with van der Waals surface area (Å²) in [5.41, 5.74) is 2.42. The molecule has 1 saturated heterocycles. The third kappa shape index (κ3) is 5.84. The van der Waals surface area contributed by atoms with Crippen LogP contribution in [0.5, 0.6) is 0 Å². The first-order chi connectivity index (χ1) is 11.1. The molecule has 1 fully saturated rings. The molecular formula is C18H29N3O2. The molecule has 2 rings (SSSR count). The third-order valence-electron chi connectivity index (χ3n) is 4.29. The number of amides is 2. The summed E-state index contributed by atoms with van der Waals surface area (Å²) < 4.78 is 0. The van der Waals surface area contributed by atoms with Gasteiger partial charge in [0.05, 0.1) is 6.61 Å². The molecule has 23 heavy (non-hydrogen) atoms. The first-order valence-corrected chi connectivity index (χ1v) is 8.50. The lowest BCUT2D eigenvalue weighted by atomic mass is 9.91. The predicted molar refractivity (Wildman–Crippen MR) is 92.0 cm³/mol. The van der Waals surface area contributed by atoms with Gasteiger partial charge in [0, 0.05) is 32.7 Å². The van der Waals surface area contributed by atoms with Crippen LogP contribution in [0.1, 0.15) is 31.4 Å². The van der Waals surface area contributed by atoms with Crippen LogP contribution in [-0.2, 0) is 13.1 Å². The van der Waals surface area contributed by atoms with Crippen LogP contribution in [0.25, 0.3) is 0 Å². The van der Waals surface area contributed by atoms with Crippen LogP contribution in [0.15, 0.2) is 24.3 Å². The lowest BCUT2D eigenvalue weighted by molar-refractivity contribution is 0.134. The Morgan fingerprint density at radius 3 is 2.48 bits per heavy atom. The van der Waals surface area contributed by atoms with Gasteiger partial charge in [0.15, 0.2) is 0 Å². The smallest absolute Gasteiger partial charge is 0.315 e. The Hall–Kier alpha value is -1.59. The maximum Gasteiger partial charge on any atom is 0.315 e. The highest BCUT2D eigenvalue weighted by atomic mass is 16.3. The van der Waals surface area contributed by atoms with E-state index in [9.17, 15) is 4.79 Å². The Balaban J connectivity index is 1.93. The number of likely N-dealkylation sites (tertiary alicyclic amines) is 1. The highest BCUT2D eigenvalue weighted by molar-refractivity contribution is 5.73. The minimum atomic E-state index is -0.242. The average molecular weight is 319 g/mol. The Labute approximate surface area is 139 Å². The van der Waals surface area contributed by atoms with E-state index in [2.05, 4.69) is 47.6 Å². The van der Waals surface area contributed by atoms with Crippen molar-refractivity contribution in [3.05, 3.63) is 35.4 Å². The van der Waals surface area contributed by atoms with E-state index < -0.39 is 0 Å². The van der Waals surface area contributed by atoms with Crippen LogP contribution in [-0.4, -0.2) is 42.3 Å². The van der Waals surface area contributed by atoms with Gasteiger partial charge in [-0.15, -0.1) is 0 Å². The SMILES string of the molecule is CC1CC(C)CN(Cc2ccccc2CNC(=O)NCCO)C1. The number of rotatable bonds is 6. The maximum absolute atomic E-state index is 11.6. The fraction of sp³-hybridized carbons (Fsp3) is 0.611. The van der Waals surface area contributed by atoms with Gasteiger partial charge in [-0.05, 0) is 29.4 Å². The van der Waals surface area contributed by atoms with Crippen molar-refractivity contribution in [2.24, 2.45) is 11.8 Å². The summed E-state index contributed by atoms with van der Waals surface area (Å²) in [4.78, 5) is 14.1. The normalized spacial score (nSPS) is 21.9. The summed E-state index contributed by atoms with van der Waals surface area (Å²) in [6, 6.07) is 8.04. The highest BCUT2D eigenvalue weighted by Crippen LogP contribution is 2.23. The maximum atomic E-state index is 11.6. The molecule has 2 amide bonds. The number of urea groups is 1. The van der Waals surface area contributed by atoms with Crippen molar-refractivity contribution >= 4 is 6.03 Å². The van der Waals surface area contributed by atoms with Crippen molar-refractivity contribution in [2.75, 3.05) is 26.2 Å². The number of benzene rings is 1. The van der Waals surface area contributed by atoms with E-state index >= 15 is 0 Å². The van der Waals surface area contributed by atoms with Gasteiger partial charge in [0.25, 0.3) is 0 Å². The quantitative estimate of drug-likeness (QED) is 0.751. The zero-order valence-electron chi connectivity index (χ0n) is 14.2. The Morgan fingerprint density at radius 2 is 1.83 bits per heavy atom. The van der Waals surface area contributed by atoms with E-state index in [0.717, 1.165) is 37.0 Å². The summed E-state index contributed by atoms with van der Waals surface area (Å²) in [5, 5.41) is 14.2. The molecule has 0 spiro atoms. The second-order valence-corrected chi connectivity index (χ2v) is 6.74. The average Bonchev–Trinajstić information content (AvgIpc) is 2.51. The second kappa shape index (κ2) is 8.89. The monoisotopic (exact) mass is 319 g/mol. The van der Waals surface area contributed by atoms with Gasteiger partial charge in [-0.25, -0.2) is 4.79 Å². The molecule has 0 radical (unpaired) electrons. The lowest BCUT2D eigenvalue weighted by Crippen LogP contribution is -2.39. The summed E-state index contributed by atoms with van der Waals surface area (Å²) >= 11 is 0. The molecule has 2 atom stereocenters. The second-order valence-electron chi connectivity index (χ2n) is 6.74. The molecular weight excluding hydrogens is 290 g/mol. The van der Waals surface area contributed by atoms with Crippen LogP contribution < -0.4 is 10.6 Å². The summed E-state index contributed by atoms with van der Waals surface area (Å²) in [7, 11) is 0. The van der Waals surface area contributed by atoms with Gasteiger partial charge in [-0.1, -0.05) is 38.1 Å². The molecule has 1 aliphatic rings. The zero-order chi connectivity index (χ0) is 16.7. The van der Waals surface area contributed by atoms with Crippen molar-refractivity contribution in [1.82, 2.24) is 15.5 Å². The molecule has 5 nitrogen and oxygen atoms in total. The van der Waals surface area contributed by atoms with Gasteiger partial charge in [-0.3, -0.25) is 4.90 Å². The van der Waals surface area contributed by atoms with Gasteiger partial charge in [0.1, 0.15) is 0 Å². The molecule has 0 aliphatic carbocycles. The van der Waals surface area contributed by atoms with Crippen LogP contribution in [0.4, 0.5) is 4.79 Å². The van der Waals surface area contributed by atoms with Crippen molar-refractivity contribution in [3.63, 3.8) is 0 Å². The molecule has 0 aromatic heterocycles. The van der Waals surface area contributed by atoms with Gasteiger partial charge >= 0.3 is 6.03 Å². The highest BCUT2D eigenvalue weighted by Gasteiger charge is 2.22. The fourth-order valence-electron chi connectivity index (χ4n) is 3.45. The minimum Gasteiger partial charge on any atom is -0.395 e. The molecule has 1 aliphatic heterocycles. The Kier molecular flexibility index (Phi) is 6.86. The Morgan fingerprint density at radius 1 is 1.17 bits per heavy atom. The van der Waals surface area contributed by atoms with E-state index in [0.29, 0.717) is 6.54 Å². The van der Waals surface area contributed by atoms with Crippen molar-refractivity contribution in [3.8, 4) is 0 Å². The van der Waals surface area contributed by atoms with E-state index in [-0.39, 0.29) is 19.2 Å². The fourth-order valence-corrected chi connectivity index (χ4v) is 3.45. The van der Waals surface area contributed by atoms with Crippen LogP contribution in [0.3, 0.4) is 0 Å². The van der Waals surface area contributed by atoms with E-state index in [1.165, 1.54) is 12.0 Å². The van der Waals surface area contributed by atoms with Gasteiger partial charge < -0.3 is 15.7 Å². The molecule has 1 heterocycles. The molecule has 0 saturated carbocycles. The molecule has 1 aromatic carbocycles. The molecule has 2 unspecified atom stereocenters. The number of hydrogen-bond acceptors (Lipinski definition) is 3. The van der Waals surface area contributed by atoms with Gasteiger partial charge in [-0.2, -0.15) is 0 Å². The predicted octanol–water partition coefficient (Wildman–Crippen LogP) is 1.96. The zero-order valence-corrected chi connectivity index (χ0v) is 14.2. The number of nitrogens with one attached hydrogen (secondary N) is 2. The standard InChI is InChI=1S/C18H29N3O2/c1-14-9-15(2)12-21(11-14)13-17-6-4-3-5-16(17)10-20-18(23)19-7-8-22/h3-6,14-15,22H,7-13H2,1-2H3,(H2,19,20,23). The van der Waals surface area contributed by atoms with Crippen LogP contribution in [0, 0.1) is 11.8 Å². The van der Waals surface area contributed by atoms with E-state index in [1.54, 1.807) is 0 Å². The number of aliphatic hydroxyl groups excluding tert-OH is 1. The third-order valence-corrected chi connectivity index (χ3v) is 4.29. The largest absolute Gasteiger partial charge is 0.395 e.